The summed E-state index contributed by atoms with van der Waals surface area (Å²) in [4.78, 5) is 19.0. The van der Waals surface area contributed by atoms with Crippen LogP contribution in [0.2, 0.25) is 5.02 Å². The third kappa shape index (κ3) is 4.22. The lowest BCUT2D eigenvalue weighted by atomic mass is 10.1. The van der Waals surface area contributed by atoms with Crippen molar-refractivity contribution >= 4 is 34.0 Å². The molecule has 7 heteroatoms. The number of nitrogens with zero attached hydrogens (tertiary/aromatic N) is 2. The van der Waals surface area contributed by atoms with Crippen LogP contribution >= 0.6 is 22.9 Å². The Balaban J connectivity index is 1.64. The number of aromatic nitrogens is 1. The van der Waals surface area contributed by atoms with Crippen molar-refractivity contribution in [3.63, 3.8) is 0 Å². The second-order valence-corrected chi connectivity index (χ2v) is 6.89. The average molecular weight is 352 g/mol. The van der Waals surface area contributed by atoms with Crippen LogP contribution in [0.1, 0.15) is 35.3 Å². The topological polar surface area (TPSA) is 65.5 Å². The molecule has 0 saturated carbocycles. The van der Waals surface area contributed by atoms with Gasteiger partial charge in [-0.15, -0.1) is 11.3 Å². The SMILES string of the molecule is O=C(Nc1nc(CN2CCCCC2)cs1)c1cc(Cl)ccc1O. The molecule has 2 heterocycles. The Bertz CT molecular complexity index is 698. The van der Waals surface area contributed by atoms with Crippen molar-refractivity contribution < 1.29 is 9.90 Å². The normalized spacial score (nSPS) is 15.5. The first-order valence-corrected chi connectivity index (χ1v) is 8.84. The maximum atomic E-state index is 12.2. The summed E-state index contributed by atoms with van der Waals surface area (Å²) in [5.74, 6) is -0.513. The molecule has 0 spiro atoms. The number of carbonyl (C=O) groups excluding carboxylic acids is 1. The summed E-state index contributed by atoms with van der Waals surface area (Å²) in [7, 11) is 0. The number of nitrogens with one attached hydrogen (secondary N) is 1. The molecular weight excluding hydrogens is 334 g/mol. The summed E-state index contributed by atoms with van der Waals surface area (Å²) >= 11 is 7.25. The summed E-state index contributed by atoms with van der Waals surface area (Å²) in [6.07, 6.45) is 3.78. The largest absolute Gasteiger partial charge is 0.507 e. The predicted molar refractivity (Wildman–Crippen MR) is 92.3 cm³/mol. The van der Waals surface area contributed by atoms with E-state index in [1.165, 1.54) is 48.8 Å². The smallest absolute Gasteiger partial charge is 0.261 e. The van der Waals surface area contributed by atoms with Gasteiger partial charge in [0.05, 0.1) is 11.3 Å². The van der Waals surface area contributed by atoms with Gasteiger partial charge in [-0.1, -0.05) is 18.0 Å². The van der Waals surface area contributed by atoms with E-state index in [-0.39, 0.29) is 11.3 Å². The molecule has 1 fully saturated rings. The molecule has 2 N–H and O–H groups in total. The van der Waals surface area contributed by atoms with Crippen molar-refractivity contribution in [3.05, 3.63) is 39.9 Å². The van der Waals surface area contributed by atoms with Crippen LogP contribution in [-0.2, 0) is 6.54 Å². The Hall–Kier alpha value is -1.63. The van der Waals surface area contributed by atoms with Crippen LogP contribution in [0.4, 0.5) is 5.13 Å². The van der Waals surface area contributed by atoms with Gasteiger partial charge in [0.15, 0.2) is 5.13 Å². The Morgan fingerprint density at radius 3 is 2.91 bits per heavy atom. The molecule has 0 atom stereocenters. The van der Waals surface area contributed by atoms with Crippen molar-refractivity contribution in [2.45, 2.75) is 25.8 Å². The lowest BCUT2D eigenvalue weighted by molar-refractivity contribution is 0.102. The third-order valence-corrected chi connectivity index (χ3v) is 4.85. The van der Waals surface area contributed by atoms with Crippen LogP contribution in [0.3, 0.4) is 0 Å². The monoisotopic (exact) mass is 351 g/mol. The highest BCUT2D eigenvalue weighted by molar-refractivity contribution is 7.14. The van der Waals surface area contributed by atoms with Crippen LogP contribution in [0.25, 0.3) is 0 Å². The van der Waals surface area contributed by atoms with E-state index in [0.717, 1.165) is 25.3 Å². The molecule has 2 aromatic rings. The van der Waals surface area contributed by atoms with Gasteiger partial charge in [-0.3, -0.25) is 15.0 Å². The number of hydrogen-bond donors (Lipinski definition) is 2. The fourth-order valence-electron chi connectivity index (χ4n) is 2.64. The zero-order valence-corrected chi connectivity index (χ0v) is 14.2. The molecule has 5 nitrogen and oxygen atoms in total. The zero-order chi connectivity index (χ0) is 16.2. The van der Waals surface area contributed by atoms with E-state index in [1.54, 1.807) is 0 Å². The first-order chi connectivity index (χ1) is 11.1. The molecule has 122 valence electrons. The molecule has 0 aliphatic carbocycles. The maximum absolute atomic E-state index is 12.2. The number of piperidine rings is 1. The van der Waals surface area contributed by atoms with E-state index >= 15 is 0 Å². The fourth-order valence-corrected chi connectivity index (χ4v) is 3.51. The highest BCUT2D eigenvalue weighted by Gasteiger charge is 2.15. The highest BCUT2D eigenvalue weighted by Crippen LogP contribution is 2.24. The van der Waals surface area contributed by atoms with Gasteiger partial charge in [0.2, 0.25) is 0 Å². The average Bonchev–Trinajstić information content (AvgIpc) is 2.97. The van der Waals surface area contributed by atoms with Gasteiger partial charge in [0.25, 0.3) is 5.91 Å². The molecule has 1 saturated heterocycles. The molecule has 23 heavy (non-hydrogen) atoms. The number of benzene rings is 1. The molecule has 0 radical (unpaired) electrons. The molecule has 0 unspecified atom stereocenters. The van der Waals surface area contributed by atoms with Crippen molar-refractivity contribution in [1.82, 2.24) is 9.88 Å². The number of rotatable bonds is 4. The first-order valence-electron chi connectivity index (χ1n) is 7.58. The minimum Gasteiger partial charge on any atom is -0.507 e. The number of amides is 1. The second-order valence-electron chi connectivity index (χ2n) is 5.60. The second kappa shape index (κ2) is 7.29. The first kappa shape index (κ1) is 16.2. The van der Waals surface area contributed by atoms with Gasteiger partial charge in [0, 0.05) is 16.9 Å². The van der Waals surface area contributed by atoms with Crippen molar-refractivity contribution in [1.29, 1.82) is 0 Å². The number of phenols is 1. The Morgan fingerprint density at radius 2 is 2.13 bits per heavy atom. The minimum absolute atomic E-state index is 0.100. The molecular formula is C16H18ClN3O2S. The molecule has 0 bridgehead atoms. The van der Waals surface area contributed by atoms with Crippen LogP contribution in [-0.4, -0.2) is 34.0 Å². The third-order valence-electron chi connectivity index (χ3n) is 3.81. The summed E-state index contributed by atoms with van der Waals surface area (Å²) in [5.41, 5.74) is 1.10. The highest BCUT2D eigenvalue weighted by atomic mass is 35.5. The number of phenolic OH excluding ortho intramolecular Hbond substituents is 1. The van der Waals surface area contributed by atoms with Gasteiger partial charge >= 0.3 is 0 Å². The molecule has 1 amide bonds. The summed E-state index contributed by atoms with van der Waals surface area (Å²) in [5, 5.41) is 15.4. The summed E-state index contributed by atoms with van der Waals surface area (Å²) in [6, 6.07) is 4.38. The van der Waals surface area contributed by atoms with Crippen molar-refractivity contribution in [2.75, 3.05) is 18.4 Å². The van der Waals surface area contributed by atoms with Crippen LogP contribution < -0.4 is 5.32 Å². The number of carbonyl (C=O) groups is 1. The van der Waals surface area contributed by atoms with E-state index < -0.39 is 5.91 Å². The van der Waals surface area contributed by atoms with Crippen molar-refractivity contribution in [3.8, 4) is 5.75 Å². The lowest BCUT2D eigenvalue weighted by Crippen LogP contribution is -2.29. The zero-order valence-electron chi connectivity index (χ0n) is 12.6. The Morgan fingerprint density at radius 1 is 1.35 bits per heavy atom. The van der Waals surface area contributed by atoms with Gasteiger partial charge in [-0.05, 0) is 44.1 Å². The predicted octanol–water partition coefficient (Wildman–Crippen LogP) is 3.74. The quantitative estimate of drug-likeness (QED) is 0.880. The fraction of sp³-hybridized carbons (Fsp3) is 0.375. The lowest BCUT2D eigenvalue weighted by Gasteiger charge is -2.25. The van der Waals surface area contributed by atoms with Gasteiger partial charge in [0.1, 0.15) is 5.75 Å². The molecule has 1 aromatic heterocycles. The number of likely N-dealkylation sites (tertiary alicyclic amines) is 1. The summed E-state index contributed by atoms with van der Waals surface area (Å²) in [6.45, 7) is 3.03. The number of halogens is 1. The standard InChI is InChI=1S/C16H18ClN3O2S/c17-11-4-5-14(21)13(8-11)15(22)19-16-18-12(10-23-16)9-20-6-2-1-3-7-20/h4-5,8,10,21H,1-3,6-7,9H2,(H,18,19,22). The van der Waals surface area contributed by atoms with Gasteiger partial charge in [-0.2, -0.15) is 0 Å². The summed E-state index contributed by atoms with van der Waals surface area (Å²) < 4.78 is 0. The van der Waals surface area contributed by atoms with Crippen LogP contribution in [0.15, 0.2) is 23.6 Å². The Kier molecular flexibility index (Phi) is 5.15. The van der Waals surface area contributed by atoms with Gasteiger partial charge < -0.3 is 5.11 Å². The van der Waals surface area contributed by atoms with E-state index in [0.29, 0.717) is 10.2 Å². The molecule has 1 aliphatic heterocycles. The minimum atomic E-state index is -0.413. The number of thiazole rings is 1. The van der Waals surface area contributed by atoms with Crippen LogP contribution in [0, 0.1) is 0 Å². The maximum Gasteiger partial charge on any atom is 0.261 e. The van der Waals surface area contributed by atoms with E-state index in [2.05, 4.69) is 15.2 Å². The molecule has 1 aromatic carbocycles. The molecule has 3 rings (SSSR count). The Labute approximate surface area is 143 Å². The number of anilines is 1. The van der Waals surface area contributed by atoms with E-state index in [9.17, 15) is 9.90 Å². The molecule has 1 aliphatic rings. The van der Waals surface area contributed by atoms with Crippen LogP contribution in [0.5, 0.6) is 5.75 Å². The number of hydrogen-bond acceptors (Lipinski definition) is 5. The van der Waals surface area contributed by atoms with E-state index in [4.69, 9.17) is 11.6 Å². The van der Waals surface area contributed by atoms with E-state index in [1.807, 2.05) is 5.38 Å². The number of aromatic hydroxyl groups is 1. The van der Waals surface area contributed by atoms with Gasteiger partial charge in [-0.25, -0.2) is 4.98 Å². The van der Waals surface area contributed by atoms with Crippen molar-refractivity contribution in [2.24, 2.45) is 0 Å².